The highest BCUT2D eigenvalue weighted by Crippen LogP contribution is 2.27. The number of halogens is 2. The van der Waals surface area contributed by atoms with Crippen LogP contribution in [0.3, 0.4) is 0 Å². The van der Waals surface area contributed by atoms with E-state index in [0.29, 0.717) is 11.4 Å². The highest BCUT2D eigenvalue weighted by molar-refractivity contribution is 9.10. The van der Waals surface area contributed by atoms with E-state index in [1.165, 1.54) is 0 Å². The number of aliphatic hydroxyl groups excluding tert-OH is 1. The fourth-order valence-electron chi connectivity index (χ4n) is 1.69. The van der Waals surface area contributed by atoms with Gasteiger partial charge in [0.05, 0.1) is 11.1 Å². The zero-order valence-electron chi connectivity index (χ0n) is 9.48. The number of phenolic OH excluding ortho intramolecular Hbond substituents is 1. The Hall–Kier alpha value is -1.03. The number of hydrogen-bond donors (Lipinski definition) is 2. The van der Waals surface area contributed by atoms with Crippen molar-refractivity contribution >= 4 is 27.5 Å². The molecule has 0 fully saturated rings. The van der Waals surface area contributed by atoms with Crippen molar-refractivity contribution in [2.45, 2.75) is 12.5 Å². The third-order valence-electron chi connectivity index (χ3n) is 2.69. The first-order valence-corrected chi connectivity index (χ1v) is 6.64. The van der Waals surface area contributed by atoms with Crippen LogP contribution in [-0.4, -0.2) is 10.2 Å². The van der Waals surface area contributed by atoms with Crippen LogP contribution in [-0.2, 0) is 6.42 Å². The van der Waals surface area contributed by atoms with Crippen LogP contribution in [0.1, 0.15) is 17.2 Å². The lowest BCUT2D eigenvalue weighted by Crippen LogP contribution is -2.01. The van der Waals surface area contributed by atoms with E-state index < -0.39 is 6.10 Å². The molecule has 2 rings (SSSR count). The largest absolute Gasteiger partial charge is 0.508 e. The lowest BCUT2D eigenvalue weighted by atomic mass is 10.0. The van der Waals surface area contributed by atoms with E-state index in [1.807, 2.05) is 6.07 Å². The van der Waals surface area contributed by atoms with Gasteiger partial charge in [-0.1, -0.05) is 29.8 Å². The molecule has 0 radical (unpaired) electrons. The minimum Gasteiger partial charge on any atom is -0.508 e. The smallest absolute Gasteiger partial charge is 0.115 e. The Morgan fingerprint density at radius 3 is 2.39 bits per heavy atom. The van der Waals surface area contributed by atoms with Crippen LogP contribution in [0.25, 0.3) is 0 Å². The minimum atomic E-state index is -0.594. The Morgan fingerprint density at radius 2 is 1.78 bits per heavy atom. The molecule has 2 aromatic rings. The van der Waals surface area contributed by atoms with Gasteiger partial charge in [-0.2, -0.15) is 0 Å². The van der Waals surface area contributed by atoms with E-state index in [2.05, 4.69) is 15.9 Å². The number of hydrogen-bond acceptors (Lipinski definition) is 2. The van der Waals surface area contributed by atoms with Crippen molar-refractivity contribution in [3.63, 3.8) is 0 Å². The summed E-state index contributed by atoms with van der Waals surface area (Å²) >= 11 is 9.24. The fraction of sp³-hybridized carbons (Fsp3) is 0.143. The molecule has 2 N–H and O–H groups in total. The molecule has 0 bridgehead atoms. The van der Waals surface area contributed by atoms with Crippen LogP contribution in [0.15, 0.2) is 46.9 Å². The molecule has 4 heteroatoms. The van der Waals surface area contributed by atoms with Crippen LogP contribution < -0.4 is 0 Å². The molecule has 1 atom stereocenters. The van der Waals surface area contributed by atoms with Crippen molar-refractivity contribution in [2.75, 3.05) is 0 Å². The van der Waals surface area contributed by atoms with Gasteiger partial charge >= 0.3 is 0 Å². The molecule has 0 spiro atoms. The number of aliphatic hydroxyl groups is 1. The van der Waals surface area contributed by atoms with Gasteiger partial charge < -0.3 is 10.2 Å². The minimum absolute atomic E-state index is 0.225. The van der Waals surface area contributed by atoms with Gasteiger partial charge in [-0.05, 0) is 51.3 Å². The van der Waals surface area contributed by atoms with Gasteiger partial charge in [-0.25, -0.2) is 0 Å². The molecule has 1 unspecified atom stereocenters. The fourth-order valence-corrected chi connectivity index (χ4v) is 2.21. The summed E-state index contributed by atoms with van der Waals surface area (Å²) in [7, 11) is 0. The Bertz CT molecular complexity index is 540. The highest BCUT2D eigenvalue weighted by Gasteiger charge is 2.10. The zero-order chi connectivity index (χ0) is 13.1. The standard InChI is InChI=1S/C14H12BrClO2/c15-12-8-10(3-6-13(12)16)14(18)7-9-1-4-11(17)5-2-9/h1-6,8,14,17-18H,7H2. The van der Waals surface area contributed by atoms with Gasteiger partial charge in [0.1, 0.15) is 5.75 Å². The maximum Gasteiger partial charge on any atom is 0.115 e. The molecule has 18 heavy (non-hydrogen) atoms. The Morgan fingerprint density at radius 1 is 1.11 bits per heavy atom. The van der Waals surface area contributed by atoms with E-state index in [9.17, 15) is 10.2 Å². The highest BCUT2D eigenvalue weighted by atomic mass is 79.9. The van der Waals surface area contributed by atoms with Gasteiger partial charge in [0.25, 0.3) is 0 Å². The average Bonchev–Trinajstić information content (AvgIpc) is 2.35. The van der Waals surface area contributed by atoms with Gasteiger partial charge in [0.15, 0.2) is 0 Å². The summed E-state index contributed by atoms with van der Waals surface area (Å²) in [5.41, 5.74) is 1.77. The molecule has 2 aromatic carbocycles. The van der Waals surface area contributed by atoms with Crippen molar-refractivity contribution in [1.29, 1.82) is 0 Å². The summed E-state index contributed by atoms with van der Waals surface area (Å²) in [6, 6.07) is 12.2. The number of benzene rings is 2. The summed E-state index contributed by atoms with van der Waals surface area (Å²) in [5, 5.41) is 19.9. The summed E-state index contributed by atoms with van der Waals surface area (Å²) < 4.78 is 0.770. The van der Waals surface area contributed by atoms with Gasteiger partial charge in [0.2, 0.25) is 0 Å². The quantitative estimate of drug-likeness (QED) is 0.891. The second-order valence-corrected chi connectivity index (χ2v) is 5.32. The van der Waals surface area contributed by atoms with Gasteiger partial charge in [-0.3, -0.25) is 0 Å². The molecule has 0 aliphatic heterocycles. The summed E-state index contributed by atoms with van der Waals surface area (Å²) in [5.74, 6) is 0.225. The Balaban J connectivity index is 2.13. The number of phenols is 1. The van der Waals surface area contributed by atoms with Crippen LogP contribution in [0.2, 0.25) is 5.02 Å². The second-order valence-electron chi connectivity index (χ2n) is 4.06. The molecule has 0 amide bonds. The first-order chi connectivity index (χ1) is 8.56. The molecule has 2 nitrogen and oxygen atoms in total. The molecule has 0 heterocycles. The second kappa shape index (κ2) is 5.74. The normalized spacial score (nSPS) is 12.4. The Labute approximate surface area is 119 Å². The third kappa shape index (κ3) is 3.25. The topological polar surface area (TPSA) is 40.5 Å². The van der Waals surface area contributed by atoms with E-state index in [0.717, 1.165) is 15.6 Å². The van der Waals surface area contributed by atoms with Crippen molar-refractivity contribution < 1.29 is 10.2 Å². The Kier molecular flexibility index (Phi) is 4.27. The SMILES string of the molecule is Oc1ccc(CC(O)c2ccc(Cl)c(Br)c2)cc1. The maximum absolute atomic E-state index is 10.1. The van der Waals surface area contributed by atoms with Crippen molar-refractivity contribution in [2.24, 2.45) is 0 Å². The molecule has 0 saturated heterocycles. The number of aromatic hydroxyl groups is 1. The lowest BCUT2D eigenvalue weighted by molar-refractivity contribution is 0.178. The predicted octanol–water partition coefficient (Wildman–Crippen LogP) is 4.08. The predicted molar refractivity (Wildman–Crippen MR) is 75.9 cm³/mol. The van der Waals surface area contributed by atoms with Crippen LogP contribution in [0.4, 0.5) is 0 Å². The molecule has 94 valence electrons. The number of rotatable bonds is 3. The van der Waals surface area contributed by atoms with Gasteiger partial charge in [0, 0.05) is 10.9 Å². The van der Waals surface area contributed by atoms with E-state index in [-0.39, 0.29) is 5.75 Å². The summed E-state index contributed by atoms with van der Waals surface area (Å²) in [4.78, 5) is 0. The van der Waals surface area contributed by atoms with E-state index in [4.69, 9.17) is 11.6 Å². The first-order valence-electron chi connectivity index (χ1n) is 5.47. The molecular weight excluding hydrogens is 316 g/mol. The summed E-state index contributed by atoms with van der Waals surface area (Å²) in [6.45, 7) is 0. The maximum atomic E-state index is 10.1. The first kappa shape index (κ1) is 13.4. The monoisotopic (exact) mass is 326 g/mol. The average molecular weight is 328 g/mol. The van der Waals surface area contributed by atoms with Crippen LogP contribution in [0, 0.1) is 0 Å². The van der Waals surface area contributed by atoms with E-state index in [1.54, 1.807) is 36.4 Å². The molecule has 0 aliphatic rings. The zero-order valence-corrected chi connectivity index (χ0v) is 11.8. The lowest BCUT2D eigenvalue weighted by Gasteiger charge is -2.12. The molecule has 0 aromatic heterocycles. The van der Waals surface area contributed by atoms with Crippen LogP contribution in [0.5, 0.6) is 5.75 Å². The van der Waals surface area contributed by atoms with Crippen molar-refractivity contribution in [3.8, 4) is 5.75 Å². The van der Waals surface area contributed by atoms with E-state index >= 15 is 0 Å². The molecular formula is C14H12BrClO2. The third-order valence-corrected chi connectivity index (χ3v) is 3.91. The van der Waals surface area contributed by atoms with Crippen LogP contribution >= 0.6 is 27.5 Å². The van der Waals surface area contributed by atoms with Crippen molar-refractivity contribution in [1.82, 2.24) is 0 Å². The van der Waals surface area contributed by atoms with Gasteiger partial charge in [-0.15, -0.1) is 0 Å². The van der Waals surface area contributed by atoms with Crippen molar-refractivity contribution in [3.05, 3.63) is 63.1 Å². The molecule has 0 saturated carbocycles. The summed E-state index contributed by atoms with van der Waals surface area (Å²) in [6.07, 6.45) is -0.0999. The molecule has 0 aliphatic carbocycles.